The average Bonchev–Trinajstić information content (AvgIpc) is 2.49. The Morgan fingerprint density at radius 3 is 3.05 bits per heavy atom. The summed E-state index contributed by atoms with van der Waals surface area (Å²) in [5.74, 6) is -0.0347. The summed E-state index contributed by atoms with van der Waals surface area (Å²) in [5, 5.41) is 12.1. The van der Waals surface area contributed by atoms with Gasteiger partial charge in [0, 0.05) is 26.2 Å². The third kappa shape index (κ3) is 4.43. The quantitative estimate of drug-likeness (QED) is 0.893. The Hall–Kier alpha value is -1.62. The predicted molar refractivity (Wildman–Crippen MR) is 79.6 cm³/mol. The van der Waals surface area contributed by atoms with Gasteiger partial charge < -0.3 is 15.3 Å². The molecule has 1 aromatic rings. The van der Waals surface area contributed by atoms with E-state index in [0.717, 1.165) is 30.5 Å². The zero-order valence-corrected chi connectivity index (χ0v) is 12.4. The molecule has 0 bridgehead atoms. The van der Waals surface area contributed by atoms with Crippen LogP contribution in [0.1, 0.15) is 24.0 Å². The molecule has 1 atom stereocenters. The van der Waals surface area contributed by atoms with Crippen molar-refractivity contribution in [1.82, 2.24) is 10.2 Å². The van der Waals surface area contributed by atoms with Crippen LogP contribution in [0.5, 0.6) is 0 Å². The van der Waals surface area contributed by atoms with Gasteiger partial charge in [-0.1, -0.05) is 6.07 Å². The van der Waals surface area contributed by atoms with Gasteiger partial charge in [-0.3, -0.25) is 0 Å². The summed E-state index contributed by atoms with van der Waals surface area (Å²) < 4.78 is 13.0. The van der Waals surface area contributed by atoms with Gasteiger partial charge in [0.15, 0.2) is 0 Å². The van der Waals surface area contributed by atoms with Crippen molar-refractivity contribution in [3.05, 3.63) is 35.1 Å². The van der Waals surface area contributed by atoms with Crippen molar-refractivity contribution in [3.8, 4) is 0 Å². The molecule has 0 aliphatic carbocycles. The van der Waals surface area contributed by atoms with Crippen LogP contribution in [-0.4, -0.2) is 42.3 Å². The fourth-order valence-corrected chi connectivity index (χ4v) is 2.75. The van der Waals surface area contributed by atoms with E-state index in [2.05, 4.69) is 5.32 Å². The van der Waals surface area contributed by atoms with Crippen molar-refractivity contribution in [2.24, 2.45) is 5.92 Å². The molecule has 0 radical (unpaired) electrons. The number of halogens is 1. The maximum atomic E-state index is 13.0. The molecule has 1 aromatic carbocycles. The lowest BCUT2D eigenvalue weighted by Gasteiger charge is -2.31. The predicted octanol–water partition coefficient (Wildman–Crippen LogP) is 2.09. The molecule has 5 heteroatoms. The summed E-state index contributed by atoms with van der Waals surface area (Å²) in [5.41, 5.74) is 1.95. The highest BCUT2D eigenvalue weighted by Gasteiger charge is 2.22. The van der Waals surface area contributed by atoms with E-state index < -0.39 is 0 Å². The fourth-order valence-electron chi connectivity index (χ4n) is 2.75. The van der Waals surface area contributed by atoms with Crippen LogP contribution in [0.25, 0.3) is 0 Å². The summed E-state index contributed by atoms with van der Waals surface area (Å²) >= 11 is 0. The number of aryl methyl sites for hydroxylation is 1. The first-order valence-corrected chi connectivity index (χ1v) is 7.49. The summed E-state index contributed by atoms with van der Waals surface area (Å²) in [7, 11) is 0. The number of piperidine rings is 1. The summed E-state index contributed by atoms with van der Waals surface area (Å²) in [6.45, 7) is 3.91. The number of likely N-dealkylation sites (tertiary alicyclic amines) is 1. The molecule has 2 amide bonds. The second-order valence-corrected chi connectivity index (χ2v) is 5.69. The normalized spacial score (nSPS) is 18.6. The van der Waals surface area contributed by atoms with Gasteiger partial charge in [-0.05, 0) is 55.4 Å². The van der Waals surface area contributed by atoms with E-state index in [4.69, 9.17) is 0 Å². The van der Waals surface area contributed by atoms with Crippen LogP contribution in [0.3, 0.4) is 0 Å². The molecular weight excluding hydrogens is 271 g/mol. The number of benzene rings is 1. The molecule has 0 aromatic heterocycles. The largest absolute Gasteiger partial charge is 0.396 e. The monoisotopic (exact) mass is 294 g/mol. The molecule has 1 saturated heterocycles. The topological polar surface area (TPSA) is 52.6 Å². The van der Waals surface area contributed by atoms with Crippen LogP contribution >= 0.6 is 0 Å². The van der Waals surface area contributed by atoms with E-state index in [1.54, 1.807) is 11.0 Å². The Bertz CT molecular complexity index is 493. The number of hydrogen-bond donors (Lipinski definition) is 2. The molecule has 2 N–H and O–H groups in total. The molecule has 0 saturated carbocycles. The standard InChI is InChI=1S/C16H23FN2O2/c1-12-9-15(17)5-4-14(12)6-7-18-16(21)19-8-2-3-13(10-19)11-20/h4-5,9,13,20H,2-3,6-8,10-11H2,1H3,(H,18,21). The fraction of sp³-hybridized carbons (Fsp3) is 0.562. The molecule has 1 aliphatic heterocycles. The first-order valence-electron chi connectivity index (χ1n) is 7.49. The Morgan fingerprint density at radius 1 is 1.52 bits per heavy atom. The first-order chi connectivity index (χ1) is 10.1. The van der Waals surface area contributed by atoms with Gasteiger partial charge in [-0.15, -0.1) is 0 Å². The minimum Gasteiger partial charge on any atom is -0.396 e. The second-order valence-electron chi connectivity index (χ2n) is 5.69. The van der Waals surface area contributed by atoms with E-state index in [1.807, 2.05) is 6.92 Å². The van der Waals surface area contributed by atoms with Crippen LogP contribution in [-0.2, 0) is 6.42 Å². The molecule has 0 spiro atoms. The van der Waals surface area contributed by atoms with E-state index >= 15 is 0 Å². The Balaban J connectivity index is 1.78. The van der Waals surface area contributed by atoms with E-state index in [0.29, 0.717) is 19.5 Å². The zero-order valence-electron chi connectivity index (χ0n) is 12.4. The molecule has 1 aliphatic rings. The molecule has 21 heavy (non-hydrogen) atoms. The minimum absolute atomic E-state index is 0.0760. The van der Waals surface area contributed by atoms with Crippen molar-refractivity contribution in [2.75, 3.05) is 26.2 Å². The number of aliphatic hydroxyl groups is 1. The molecule has 2 rings (SSSR count). The van der Waals surface area contributed by atoms with Crippen molar-refractivity contribution < 1.29 is 14.3 Å². The number of carbonyl (C=O) groups excluding carboxylic acids is 1. The molecule has 1 fully saturated rings. The highest BCUT2D eigenvalue weighted by Crippen LogP contribution is 2.15. The Morgan fingerprint density at radius 2 is 2.33 bits per heavy atom. The minimum atomic E-state index is -0.233. The van der Waals surface area contributed by atoms with Gasteiger partial charge in [-0.2, -0.15) is 0 Å². The number of aliphatic hydroxyl groups excluding tert-OH is 1. The number of nitrogens with one attached hydrogen (secondary N) is 1. The first kappa shape index (κ1) is 15.8. The lowest BCUT2D eigenvalue weighted by Crippen LogP contribution is -2.46. The number of urea groups is 1. The number of rotatable bonds is 4. The van der Waals surface area contributed by atoms with Gasteiger partial charge in [0.25, 0.3) is 0 Å². The van der Waals surface area contributed by atoms with Crippen molar-refractivity contribution in [3.63, 3.8) is 0 Å². The van der Waals surface area contributed by atoms with Gasteiger partial charge >= 0.3 is 6.03 Å². The summed E-state index contributed by atoms with van der Waals surface area (Å²) in [4.78, 5) is 13.8. The Labute approximate surface area is 125 Å². The number of amides is 2. The highest BCUT2D eigenvalue weighted by atomic mass is 19.1. The van der Waals surface area contributed by atoms with E-state index in [1.165, 1.54) is 12.1 Å². The zero-order chi connectivity index (χ0) is 15.2. The molecule has 1 unspecified atom stereocenters. The summed E-state index contributed by atoms with van der Waals surface area (Å²) in [6.07, 6.45) is 2.61. The van der Waals surface area contributed by atoms with Crippen molar-refractivity contribution in [2.45, 2.75) is 26.2 Å². The lowest BCUT2D eigenvalue weighted by molar-refractivity contribution is 0.129. The molecule has 4 nitrogen and oxygen atoms in total. The number of nitrogens with zero attached hydrogens (tertiary/aromatic N) is 1. The van der Waals surface area contributed by atoms with Gasteiger partial charge in [0.1, 0.15) is 5.82 Å². The van der Waals surface area contributed by atoms with Crippen molar-refractivity contribution in [1.29, 1.82) is 0 Å². The van der Waals surface area contributed by atoms with Gasteiger partial charge in [0.2, 0.25) is 0 Å². The van der Waals surface area contributed by atoms with Crippen LogP contribution in [0.2, 0.25) is 0 Å². The van der Waals surface area contributed by atoms with Crippen LogP contribution < -0.4 is 5.32 Å². The van der Waals surface area contributed by atoms with E-state index in [-0.39, 0.29) is 24.4 Å². The SMILES string of the molecule is Cc1cc(F)ccc1CCNC(=O)N1CCCC(CO)C1. The second kappa shape index (κ2) is 7.41. The molecular formula is C16H23FN2O2. The maximum absolute atomic E-state index is 13.0. The number of carbonyl (C=O) groups is 1. The third-order valence-electron chi connectivity index (χ3n) is 4.04. The highest BCUT2D eigenvalue weighted by molar-refractivity contribution is 5.74. The van der Waals surface area contributed by atoms with Crippen LogP contribution in [0.15, 0.2) is 18.2 Å². The lowest BCUT2D eigenvalue weighted by atomic mass is 9.99. The van der Waals surface area contributed by atoms with Gasteiger partial charge in [0.05, 0.1) is 0 Å². The third-order valence-corrected chi connectivity index (χ3v) is 4.04. The van der Waals surface area contributed by atoms with Crippen LogP contribution in [0, 0.1) is 18.7 Å². The van der Waals surface area contributed by atoms with Crippen molar-refractivity contribution >= 4 is 6.03 Å². The Kier molecular flexibility index (Phi) is 5.56. The molecule has 116 valence electrons. The van der Waals surface area contributed by atoms with Crippen LogP contribution in [0.4, 0.5) is 9.18 Å². The maximum Gasteiger partial charge on any atom is 0.317 e. The average molecular weight is 294 g/mol. The smallest absolute Gasteiger partial charge is 0.317 e. The van der Waals surface area contributed by atoms with Gasteiger partial charge in [-0.25, -0.2) is 9.18 Å². The number of hydrogen-bond acceptors (Lipinski definition) is 2. The molecule has 1 heterocycles. The van der Waals surface area contributed by atoms with E-state index in [9.17, 15) is 14.3 Å². The summed E-state index contributed by atoms with van der Waals surface area (Å²) in [6, 6.07) is 4.64.